The van der Waals surface area contributed by atoms with Gasteiger partial charge in [-0.25, -0.2) is 0 Å². The van der Waals surface area contributed by atoms with Crippen LogP contribution in [0.25, 0.3) is 0 Å². The average molecular weight is 394 g/mol. The van der Waals surface area contributed by atoms with Gasteiger partial charge in [0, 0.05) is 29.8 Å². The van der Waals surface area contributed by atoms with Crippen LogP contribution in [0.3, 0.4) is 0 Å². The molecule has 0 spiro atoms. The van der Waals surface area contributed by atoms with E-state index in [-0.39, 0.29) is 30.3 Å². The number of hydrogen-bond acceptors (Lipinski definition) is 6. The van der Waals surface area contributed by atoms with Gasteiger partial charge in [0.1, 0.15) is 5.75 Å². The summed E-state index contributed by atoms with van der Waals surface area (Å²) in [5, 5.41) is 11.7. The summed E-state index contributed by atoms with van der Waals surface area (Å²) >= 11 is 0. The number of hydrogen-bond donors (Lipinski definition) is 1. The molecule has 29 heavy (non-hydrogen) atoms. The fourth-order valence-electron chi connectivity index (χ4n) is 3.34. The van der Waals surface area contributed by atoms with E-state index in [1.807, 2.05) is 6.07 Å². The summed E-state index contributed by atoms with van der Waals surface area (Å²) < 4.78 is 16.5. The summed E-state index contributed by atoms with van der Waals surface area (Å²) in [6, 6.07) is 13.7. The summed E-state index contributed by atoms with van der Waals surface area (Å²) in [6.45, 7) is 2.44. The van der Waals surface area contributed by atoms with Crippen molar-refractivity contribution >= 4 is 17.6 Å². The van der Waals surface area contributed by atoms with Gasteiger partial charge in [-0.1, -0.05) is 0 Å². The smallest absolute Gasteiger partial charge is 0.306 e. The molecule has 7 nitrogen and oxygen atoms in total. The lowest BCUT2D eigenvalue weighted by molar-refractivity contribution is -0.146. The zero-order valence-corrected chi connectivity index (χ0v) is 16.3. The average Bonchev–Trinajstić information content (AvgIpc) is 2.73. The minimum atomic E-state index is -0.352. The number of carbonyl (C=O) groups is 2. The maximum absolute atomic E-state index is 12.5. The molecule has 0 aromatic heterocycles. The van der Waals surface area contributed by atoms with Crippen LogP contribution in [0.4, 0.5) is 5.69 Å². The van der Waals surface area contributed by atoms with Crippen LogP contribution < -0.4 is 10.1 Å². The number of ether oxygens (including phenoxy) is 3. The van der Waals surface area contributed by atoms with Gasteiger partial charge < -0.3 is 19.5 Å². The molecule has 0 saturated carbocycles. The molecule has 2 atom stereocenters. The Morgan fingerprint density at radius 3 is 2.66 bits per heavy atom. The van der Waals surface area contributed by atoms with E-state index >= 15 is 0 Å². The molecule has 2 aromatic rings. The summed E-state index contributed by atoms with van der Waals surface area (Å²) in [6.07, 6.45) is -0.164. The minimum Gasteiger partial charge on any atom is -0.493 e. The maximum Gasteiger partial charge on any atom is 0.306 e. The van der Waals surface area contributed by atoms with Gasteiger partial charge in [0.2, 0.25) is 0 Å². The number of rotatable bonds is 6. The standard InChI is InChI=1S/C22H22N2O5/c1-3-28-20(25)10-16-13-29-19-9-8-17(11-18(19)21(16)27-2)24-22(26)15-6-4-14(12-23)5-7-15/h4-9,11,16,21H,3,10,13H2,1-2H3,(H,24,26). The van der Waals surface area contributed by atoms with E-state index in [9.17, 15) is 9.59 Å². The number of carbonyl (C=O) groups excluding carboxylic acids is 2. The molecule has 3 rings (SSSR count). The molecule has 1 heterocycles. The third-order valence-electron chi connectivity index (χ3n) is 4.72. The Balaban J connectivity index is 1.77. The molecule has 1 amide bonds. The Morgan fingerprint density at radius 2 is 2.00 bits per heavy atom. The Kier molecular flexibility index (Phi) is 6.47. The van der Waals surface area contributed by atoms with E-state index < -0.39 is 0 Å². The second-order valence-corrected chi connectivity index (χ2v) is 6.63. The van der Waals surface area contributed by atoms with Crippen LogP contribution in [0, 0.1) is 17.2 Å². The summed E-state index contributed by atoms with van der Waals surface area (Å²) in [7, 11) is 1.58. The highest BCUT2D eigenvalue weighted by Gasteiger charge is 2.33. The predicted octanol–water partition coefficient (Wildman–Crippen LogP) is 3.46. The van der Waals surface area contributed by atoms with E-state index in [2.05, 4.69) is 5.32 Å². The highest BCUT2D eigenvalue weighted by Crippen LogP contribution is 2.40. The zero-order chi connectivity index (χ0) is 20.8. The highest BCUT2D eigenvalue weighted by atomic mass is 16.5. The van der Waals surface area contributed by atoms with Crippen molar-refractivity contribution in [1.29, 1.82) is 5.26 Å². The van der Waals surface area contributed by atoms with Crippen molar-refractivity contribution in [3.63, 3.8) is 0 Å². The number of methoxy groups -OCH3 is 1. The molecular weight excluding hydrogens is 372 g/mol. The van der Waals surface area contributed by atoms with Crippen molar-refractivity contribution < 1.29 is 23.8 Å². The van der Waals surface area contributed by atoms with Crippen molar-refractivity contribution in [3.8, 4) is 11.8 Å². The first kappa shape index (κ1) is 20.4. The number of anilines is 1. The molecule has 0 bridgehead atoms. The number of esters is 1. The molecule has 150 valence electrons. The van der Waals surface area contributed by atoms with Crippen LogP contribution in [0.1, 0.15) is 40.9 Å². The van der Waals surface area contributed by atoms with Crippen molar-refractivity contribution in [2.45, 2.75) is 19.4 Å². The molecule has 7 heteroatoms. The van der Waals surface area contributed by atoms with Gasteiger partial charge in [-0.3, -0.25) is 9.59 Å². The lowest BCUT2D eigenvalue weighted by Crippen LogP contribution is -2.30. The van der Waals surface area contributed by atoms with Crippen molar-refractivity contribution in [3.05, 3.63) is 59.2 Å². The predicted molar refractivity (Wildman–Crippen MR) is 106 cm³/mol. The second kappa shape index (κ2) is 9.22. The lowest BCUT2D eigenvalue weighted by atomic mass is 9.90. The Labute approximate surface area is 169 Å². The second-order valence-electron chi connectivity index (χ2n) is 6.63. The van der Waals surface area contributed by atoms with Gasteiger partial charge in [0.05, 0.1) is 37.4 Å². The number of nitrogens with zero attached hydrogens (tertiary/aromatic N) is 1. The SMILES string of the molecule is CCOC(=O)CC1COc2ccc(NC(=O)c3ccc(C#N)cc3)cc2C1OC. The van der Waals surface area contributed by atoms with E-state index in [1.54, 1.807) is 56.5 Å². The minimum absolute atomic E-state index is 0.184. The normalized spacial score (nSPS) is 17.4. The summed E-state index contributed by atoms with van der Waals surface area (Å²) in [5.41, 5.74) is 2.29. The van der Waals surface area contributed by atoms with Crippen LogP contribution in [-0.4, -0.2) is 32.2 Å². The van der Waals surface area contributed by atoms with Crippen LogP contribution in [-0.2, 0) is 14.3 Å². The van der Waals surface area contributed by atoms with Gasteiger partial charge in [0.25, 0.3) is 5.91 Å². The Morgan fingerprint density at radius 1 is 1.24 bits per heavy atom. The van der Waals surface area contributed by atoms with Crippen LogP contribution in [0.5, 0.6) is 5.75 Å². The molecule has 2 unspecified atom stereocenters. The quantitative estimate of drug-likeness (QED) is 0.754. The Bertz CT molecular complexity index is 933. The van der Waals surface area contributed by atoms with Crippen molar-refractivity contribution in [2.75, 3.05) is 25.6 Å². The van der Waals surface area contributed by atoms with E-state index in [0.29, 0.717) is 35.8 Å². The molecule has 1 aliphatic heterocycles. The van der Waals surface area contributed by atoms with Gasteiger partial charge in [0.15, 0.2) is 0 Å². The third kappa shape index (κ3) is 4.73. The number of nitrogens with one attached hydrogen (secondary N) is 1. The molecule has 1 N–H and O–H groups in total. The molecule has 0 aliphatic carbocycles. The van der Waals surface area contributed by atoms with E-state index in [0.717, 1.165) is 5.56 Å². The Hall–Kier alpha value is -3.37. The monoisotopic (exact) mass is 394 g/mol. The molecule has 0 saturated heterocycles. The fraction of sp³-hybridized carbons (Fsp3) is 0.318. The fourth-order valence-corrected chi connectivity index (χ4v) is 3.34. The molecule has 2 aromatic carbocycles. The van der Waals surface area contributed by atoms with Crippen molar-refractivity contribution in [2.24, 2.45) is 5.92 Å². The number of nitriles is 1. The lowest BCUT2D eigenvalue weighted by Gasteiger charge is -2.32. The third-order valence-corrected chi connectivity index (χ3v) is 4.72. The number of amides is 1. The maximum atomic E-state index is 12.5. The summed E-state index contributed by atoms with van der Waals surface area (Å²) in [4.78, 5) is 24.4. The first-order valence-corrected chi connectivity index (χ1v) is 9.32. The molecule has 0 fully saturated rings. The van der Waals surface area contributed by atoms with Gasteiger partial charge in [-0.15, -0.1) is 0 Å². The van der Waals surface area contributed by atoms with E-state index in [4.69, 9.17) is 19.5 Å². The highest BCUT2D eigenvalue weighted by molar-refractivity contribution is 6.04. The van der Waals surface area contributed by atoms with Crippen LogP contribution >= 0.6 is 0 Å². The number of benzene rings is 2. The molecule has 0 radical (unpaired) electrons. The topological polar surface area (TPSA) is 97.6 Å². The molecular formula is C22H22N2O5. The first-order valence-electron chi connectivity index (χ1n) is 9.32. The summed E-state index contributed by atoms with van der Waals surface area (Å²) in [5.74, 6) is -0.107. The zero-order valence-electron chi connectivity index (χ0n) is 16.3. The van der Waals surface area contributed by atoms with Crippen molar-refractivity contribution in [1.82, 2.24) is 0 Å². The number of fused-ring (bicyclic) bond motifs is 1. The molecule has 1 aliphatic rings. The largest absolute Gasteiger partial charge is 0.493 e. The van der Waals surface area contributed by atoms with Gasteiger partial charge >= 0.3 is 5.97 Å². The van der Waals surface area contributed by atoms with Gasteiger partial charge in [-0.05, 0) is 49.4 Å². The van der Waals surface area contributed by atoms with Crippen LogP contribution in [0.2, 0.25) is 0 Å². The first-order chi connectivity index (χ1) is 14.0. The van der Waals surface area contributed by atoms with E-state index in [1.165, 1.54) is 0 Å². The van der Waals surface area contributed by atoms with Gasteiger partial charge in [-0.2, -0.15) is 5.26 Å². The van der Waals surface area contributed by atoms with Crippen LogP contribution in [0.15, 0.2) is 42.5 Å².